The highest BCUT2D eigenvalue weighted by molar-refractivity contribution is 6.00. The lowest BCUT2D eigenvalue weighted by Gasteiger charge is -2.17. The Labute approximate surface area is 244 Å². The van der Waals surface area contributed by atoms with E-state index in [4.69, 9.17) is 14.7 Å². The molecule has 0 radical (unpaired) electrons. The maximum atomic E-state index is 13.7. The number of hydrogen-bond acceptors (Lipinski definition) is 6. The van der Waals surface area contributed by atoms with Crippen molar-refractivity contribution in [1.82, 2.24) is 20.3 Å². The van der Waals surface area contributed by atoms with Crippen LogP contribution in [0.4, 0.5) is 8.78 Å². The number of amides is 1. The van der Waals surface area contributed by atoms with Gasteiger partial charge in [0.2, 0.25) is 0 Å². The van der Waals surface area contributed by atoms with Crippen LogP contribution < -0.4 is 5.32 Å². The maximum absolute atomic E-state index is 13.7. The predicted molar refractivity (Wildman–Crippen MR) is 157 cm³/mol. The van der Waals surface area contributed by atoms with Crippen molar-refractivity contribution >= 4 is 33.8 Å². The van der Waals surface area contributed by atoms with E-state index >= 15 is 0 Å². The van der Waals surface area contributed by atoms with Gasteiger partial charge in [-0.15, -0.1) is 0 Å². The van der Waals surface area contributed by atoms with Crippen molar-refractivity contribution in [1.29, 1.82) is 0 Å². The van der Waals surface area contributed by atoms with Gasteiger partial charge in [-0.2, -0.15) is 0 Å². The van der Waals surface area contributed by atoms with Gasteiger partial charge in [-0.3, -0.25) is 4.79 Å². The van der Waals surface area contributed by atoms with Crippen molar-refractivity contribution in [2.45, 2.75) is 12.5 Å². The van der Waals surface area contributed by atoms with E-state index in [1.165, 1.54) is 31.4 Å². The second-order valence-electron chi connectivity index (χ2n) is 9.94. The fourth-order valence-electron chi connectivity index (χ4n) is 4.95. The topological polar surface area (TPSA) is 117 Å². The highest BCUT2D eigenvalue weighted by Gasteiger charge is 2.25. The number of phenols is 1. The number of aromatic nitrogens is 3. The van der Waals surface area contributed by atoms with Gasteiger partial charge in [-0.05, 0) is 90.5 Å². The van der Waals surface area contributed by atoms with Crippen molar-refractivity contribution in [2.75, 3.05) is 7.11 Å². The highest BCUT2D eigenvalue weighted by Crippen LogP contribution is 2.32. The molecule has 6 aromatic rings. The molecule has 214 valence electrons. The lowest BCUT2D eigenvalue weighted by Crippen LogP contribution is -2.43. The molecule has 1 amide bonds. The number of phenolic OH excluding ortho intramolecular Hbond substituents is 1. The molecule has 0 fully saturated rings. The molecule has 0 bridgehead atoms. The summed E-state index contributed by atoms with van der Waals surface area (Å²) in [6.07, 6.45) is 1.83. The molecule has 43 heavy (non-hydrogen) atoms. The zero-order chi connectivity index (χ0) is 30.1. The number of carbonyl (C=O) groups excluding carboxylic acids is 2. The Balaban J connectivity index is 1.35. The third-order valence-electron chi connectivity index (χ3n) is 7.13. The van der Waals surface area contributed by atoms with Gasteiger partial charge in [0.25, 0.3) is 5.91 Å². The number of methoxy groups -OCH3 is 1. The van der Waals surface area contributed by atoms with Crippen molar-refractivity contribution in [2.24, 2.45) is 0 Å². The third kappa shape index (κ3) is 5.62. The van der Waals surface area contributed by atoms with Crippen LogP contribution >= 0.6 is 0 Å². The van der Waals surface area contributed by atoms with Crippen LogP contribution in [0.1, 0.15) is 15.9 Å². The molecule has 0 spiro atoms. The van der Waals surface area contributed by atoms with E-state index in [0.29, 0.717) is 39.1 Å². The quantitative estimate of drug-likeness (QED) is 0.202. The van der Waals surface area contributed by atoms with Crippen LogP contribution in [0, 0.1) is 11.6 Å². The predicted octanol–water partition coefficient (Wildman–Crippen LogP) is 5.94. The number of benzene rings is 4. The van der Waals surface area contributed by atoms with E-state index in [1.54, 1.807) is 66.9 Å². The average Bonchev–Trinajstić information content (AvgIpc) is 3.41. The number of H-pyrrole nitrogens is 1. The minimum Gasteiger partial charge on any atom is -0.508 e. The van der Waals surface area contributed by atoms with Gasteiger partial charge in [0.15, 0.2) is 0 Å². The number of esters is 1. The Kier molecular flexibility index (Phi) is 7.25. The summed E-state index contributed by atoms with van der Waals surface area (Å²) >= 11 is 0. The van der Waals surface area contributed by atoms with Gasteiger partial charge in [-0.1, -0.05) is 0 Å². The van der Waals surface area contributed by atoms with E-state index in [9.17, 15) is 23.5 Å². The van der Waals surface area contributed by atoms with Crippen LogP contribution in [0.15, 0.2) is 91.1 Å². The molecular weight excluding hydrogens is 554 g/mol. The molecule has 4 aromatic carbocycles. The minimum atomic E-state index is -1.02. The zero-order valence-corrected chi connectivity index (χ0v) is 22.8. The van der Waals surface area contributed by atoms with E-state index in [2.05, 4.69) is 10.3 Å². The molecule has 6 rings (SSSR count). The Morgan fingerprint density at radius 2 is 1.49 bits per heavy atom. The minimum absolute atomic E-state index is 0.0758. The second-order valence-corrected chi connectivity index (χ2v) is 9.94. The van der Waals surface area contributed by atoms with E-state index < -0.39 is 29.6 Å². The summed E-state index contributed by atoms with van der Waals surface area (Å²) < 4.78 is 32.3. The number of halogens is 2. The van der Waals surface area contributed by atoms with E-state index in [1.807, 2.05) is 0 Å². The smallest absolute Gasteiger partial charge is 0.328 e. The molecule has 2 aromatic heterocycles. The second kappa shape index (κ2) is 11.3. The SMILES string of the molecule is COC(=O)[C@H](Cc1c[nH]c2ccc(O)cc12)NC(=O)c1ccc2nc(-c3ccc(F)cc3)c(-c3ccc(F)cc3)nc2c1. The van der Waals surface area contributed by atoms with Gasteiger partial charge in [0.1, 0.15) is 23.4 Å². The Bertz CT molecular complexity index is 1990. The van der Waals surface area contributed by atoms with Gasteiger partial charge in [0.05, 0.1) is 29.5 Å². The average molecular weight is 579 g/mol. The van der Waals surface area contributed by atoms with E-state index in [-0.39, 0.29) is 17.7 Å². The van der Waals surface area contributed by atoms with Gasteiger partial charge in [0, 0.05) is 40.2 Å². The summed E-state index contributed by atoms with van der Waals surface area (Å²) in [5, 5.41) is 13.4. The molecule has 8 nitrogen and oxygen atoms in total. The van der Waals surface area contributed by atoms with Gasteiger partial charge < -0.3 is 20.1 Å². The number of fused-ring (bicyclic) bond motifs is 2. The summed E-state index contributed by atoms with van der Waals surface area (Å²) in [5.74, 6) is -1.90. The first-order chi connectivity index (χ1) is 20.8. The monoisotopic (exact) mass is 578 g/mol. The fourth-order valence-corrected chi connectivity index (χ4v) is 4.95. The number of rotatable bonds is 7. The first-order valence-corrected chi connectivity index (χ1v) is 13.3. The van der Waals surface area contributed by atoms with Crippen molar-refractivity contribution in [3.05, 3.63) is 114 Å². The summed E-state index contributed by atoms with van der Waals surface area (Å²) in [6, 6.07) is 20.1. The number of aromatic amines is 1. The lowest BCUT2D eigenvalue weighted by molar-refractivity contribution is -0.142. The largest absolute Gasteiger partial charge is 0.508 e. The molecule has 0 aliphatic carbocycles. The van der Waals surface area contributed by atoms with Gasteiger partial charge >= 0.3 is 5.97 Å². The molecule has 3 N–H and O–H groups in total. The highest BCUT2D eigenvalue weighted by atomic mass is 19.1. The van der Waals surface area contributed by atoms with Crippen LogP contribution in [-0.4, -0.2) is 45.1 Å². The lowest BCUT2D eigenvalue weighted by atomic mass is 10.0. The first-order valence-electron chi connectivity index (χ1n) is 13.3. The molecule has 1 atom stereocenters. The molecular formula is C33H24F2N4O4. The van der Waals surface area contributed by atoms with Crippen LogP contribution in [-0.2, 0) is 16.0 Å². The molecule has 2 heterocycles. The summed E-state index contributed by atoms with van der Waals surface area (Å²) in [5.41, 5.74) is 4.66. The Morgan fingerprint density at radius 3 is 2.12 bits per heavy atom. The first kappa shape index (κ1) is 27.5. The molecule has 0 aliphatic rings. The molecule has 0 saturated heterocycles. The Morgan fingerprint density at radius 1 is 0.860 bits per heavy atom. The van der Waals surface area contributed by atoms with Crippen LogP contribution in [0.25, 0.3) is 44.5 Å². The summed E-state index contributed by atoms with van der Waals surface area (Å²) in [4.78, 5) is 38.7. The zero-order valence-electron chi connectivity index (χ0n) is 22.8. The normalized spacial score (nSPS) is 11.9. The molecule has 10 heteroatoms. The van der Waals surface area contributed by atoms with Crippen molar-refractivity contribution < 1.29 is 28.2 Å². The maximum Gasteiger partial charge on any atom is 0.328 e. The van der Waals surface area contributed by atoms with Gasteiger partial charge in [-0.25, -0.2) is 23.5 Å². The molecule has 0 aliphatic heterocycles. The number of carbonyl (C=O) groups is 2. The van der Waals surface area contributed by atoms with Crippen LogP contribution in [0.3, 0.4) is 0 Å². The standard InChI is InChI=1S/C33H24F2N4O4/c1-43-33(42)29(15-21-17-36-26-13-11-24(40)16-25(21)26)39-32(41)20-6-12-27-28(14-20)38-31(19-4-9-23(35)10-5-19)30(37-27)18-2-7-22(34)8-3-18/h2-14,16-17,29,36,40H,15H2,1H3,(H,39,41)/t29-/m0/s1. The van der Waals surface area contributed by atoms with Crippen LogP contribution in [0.2, 0.25) is 0 Å². The summed E-state index contributed by atoms with van der Waals surface area (Å²) in [6.45, 7) is 0. The van der Waals surface area contributed by atoms with Crippen molar-refractivity contribution in [3.63, 3.8) is 0 Å². The number of aromatic hydroxyl groups is 1. The van der Waals surface area contributed by atoms with E-state index in [0.717, 1.165) is 10.9 Å². The molecule has 0 saturated carbocycles. The number of hydrogen-bond donors (Lipinski definition) is 3. The number of nitrogens with one attached hydrogen (secondary N) is 2. The molecule has 0 unspecified atom stereocenters. The number of nitrogens with zero attached hydrogens (tertiary/aromatic N) is 2. The Hall–Kier alpha value is -5.64. The number of ether oxygens (including phenoxy) is 1. The summed E-state index contributed by atoms with van der Waals surface area (Å²) in [7, 11) is 1.24. The fraction of sp³-hybridized carbons (Fsp3) is 0.0909. The third-order valence-corrected chi connectivity index (χ3v) is 7.13. The van der Waals surface area contributed by atoms with Crippen molar-refractivity contribution in [3.8, 4) is 28.3 Å². The van der Waals surface area contributed by atoms with Crippen LogP contribution in [0.5, 0.6) is 5.75 Å².